The monoisotopic (exact) mass is 395 g/mol. The molecule has 3 aromatic rings. The molecule has 2 aromatic carbocycles. The molecule has 0 saturated carbocycles. The average Bonchev–Trinajstić information content (AvgIpc) is 3.07. The molecule has 25 heavy (non-hydrogen) atoms. The Bertz CT molecular complexity index is 917. The number of hydrogen-bond donors (Lipinski definition) is 0. The molecule has 126 valence electrons. The first-order chi connectivity index (χ1) is 12.1. The van der Waals surface area contributed by atoms with E-state index in [0.29, 0.717) is 18.7 Å². The van der Waals surface area contributed by atoms with Crippen LogP contribution in [0.4, 0.5) is 0 Å². The van der Waals surface area contributed by atoms with Gasteiger partial charge in [-0.15, -0.1) is 0 Å². The van der Waals surface area contributed by atoms with E-state index in [2.05, 4.69) is 39.2 Å². The predicted octanol–water partition coefficient (Wildman–Crippen LogP) is 3.97. The zero-order chi connectivity index (χ0) is 17.4. The molecule has 0 saturated heterocycles. The van der Waals surface area contributed by atoms with Gasteiger partial charge in [0.25, 0.3) is 5.91 Å². The normalized spacial score (nSPS) is 16.6. The van der Waals surface area contributed by atoms with Gasteiger partial charge in [0.05, 0.1) is 6.20 Å². The largest absolute Gasteiger partial charge is 0.333 e. The molecule has 1 unspecified atom stereocenters. The third-order valence-corrected chi connectivity index (χ3v) is 5.23. The Balaban J connectivity index is 1.70. The molecule has 4 rings (SSSR count). The summed E-state index contributed by atoms with van der Waals surface area (Å²) >= 11 is 3.42. The Kier molecular flexibility index (Phi) is 4.17. The Hall–Kier alpha value is -2.40. The van der Waals surface area contributed by atoms with Crippen molar-refractivity contribution in [3.63, 3.8) is 0 Å². The standard InChI is InChI=1S/C20H18BrN3O/c1-23-11-16(10-22-23)19-13-24(12-15-4-2-3-5-18(15)19)20(25)14-6-8-17(21)9-7-14/h2-11,19H,12-13H2,1H3. The Morgan fingerprint density at radius 2 is 1.92 bits per heavy atom. The van der Waals surface area contributed by atoms with Gasteiger partial charge in [0, 0.05) is 42.3 Å². The number of aryl methyl sites for hydroxylation is 1. The molecule has 0 radical (unpaired) electrons. The second-order valence-electron chi connectivity index (χ2n) is 6.39. The average molecular weight is 396 g/mol. The molecule has 4 nitrogen and oxygen atoms in total. The van der Waals surface area contributed by atoms with Gasteiger partial charge in [0.1, 0.15) is 0 Å². The summed E-state index contributed by atoms with van der Waals surface area (Å²) in [6.45, 7) is 1.30. The molecular weight excluding hydrogens is 378 g/mol. The zero-order valence-electron chi connectivity index (χ0n) is 13.9. The number of carbonyl (C=O) groups excluding carboxylic acids is 1. The maximum absolute atomic E-state index is 13.0. The smallest absolute Gasteiger partial charge is 0.254 e. The van der Waals surface area contributed by atoms with Gasteiger partial charge in [-0.05, 0) is 41.0 Å². The molecule has 0 aliphatic carbocycles. The van der Waals surface area contributed by atoms with Crippen LogP contribution in [-0.4, -0.2) is 27.1 Å². The minimum Gasteiger partial charge on any atom is -0.333 e. The molecule has 0 bridgehead atoms. The van der Waals surface area contributed by atoms with Gasteiger partial charge < -0.3 is 4.90 Å². The van der Waals surface area contributed by atoms with Crippen molar-refractivity contribution in [3.8, 4) is 0 Å². The number of halogens is 1. The Morgan fingerprint density at radius 1 is 1.16 bits per heavy atom. The van der Waals surface area contributed by atoms with Crippen LogP contribution in [0.2, 0.25) is 0 Å². The topological polar surface area (TPSA) is 38.1 Å². The van der Waals surface area contributed by atoms with Crippen molar-refractivity contribution in [2.45, 2.75) is 12.5 Å². The fourth-order valence-corrected chi connectivity index (χ4v) is 3.71. The molecule has 1 aliphatic rings. The van der Waals surface area contributed by atoms with Crippen molar-refractivity contribution in [2.75, 3.05) is 6.54 Å². The summed E-state index contributed by atoms with van der Waals surface area (Å²) in [7, 11) is 1.92. The third kappa shape index (κ3) is 3.12. The fourth-order valence-electron chi connectivity index (χ4n) is 3.44. The maximum Gasteiger partial charge on any atom is 0.254 e. The van der Waals surface area contributed by atoms with E-state index in [1.165, 1.54) is 11.1 Å². The number of amides is 1. The van der Waals surface area contributed by atoms with Crippen LogP contribution in [0.15, 0.2) is 65.4 Å². The molecule has 1 amide bonds. The number of carbonyl (C=O) groups is 1. The van der Waals surface area contributed by atoms with Gasteiger partial charge in [-0.25, -0.2) is 0 Å². The number of fused-ring (bicyclic) bond motifs is 1. The van der Waals surface area contributed by atoms with Crippen LogP contribution in [0.1, 0.15) is 33.0 Å². The first kappa shape index (κ1) is 16.1. The highest BCUT2D eigenvalue weighted by molar-refractivity contribution is 9.10. The lowest BCUT2D eigenvalue weighted by atomic mass is 9.86. The number of aromatic nitrogens is 2. The van der Waals surface area contributed by atoms with Gasteiger partial charge >= 0.3 is 0 Å². The highest BCUT2D eigenvalue weighted by Crippen LogP contribution is 2.33. The van der Waals surface area contributed by atoms with Gasteiger partial charge in [0.15, 0.2) is 0 Å². The first-order valence-electron chi connectivity index (χ1n) is 8.23. The fraction of sp³-hybridized carbons (Fsp3) is 0.200. The van der Waals surface area contributed by atoms with Crippen LogP contribution in [0.5, 0.6) is 0 Å². The number of benzene rings is 2. The molecule has 1 aliphatic heterocycles. The second-order valence-corrected chi connectivity index (χ2v) is 7.31. The molecular formula is C20H18BrN3O. The third-order valence-electron chi connectivity index (χ3n) is 4.70. The highest BCUT2D eigenvalue weighted by Gasteiger charge is 2.30. The summed E-state index contributed by atoms with van der Waals surface area (Å²) in [5, 5.41) is 4.31. The van der Waals surface area contributed by atoms with E-state index in [4.69, 9.17) is 0 Å². The van der Waals surface area contributed by atoms with Crippen molar-refractivity contribution in [1.29, 1.82) is 0 Å². The lowest BCUT2D eigenvalue weighted by Gasteiger charge is -2.34. The number of rotatable bonds is 2. The lowest BCUT2D eigenvalue weighted by molar-refractivity contribution is 0.0725. The van der Waals surface area contributed by atoms with Crippen LogP contribution >= 0.6 is 15.9 Å². The maximum atomic E-state index is 13.0. The quantitative estimate of drug-likeness (QED) is 0.658. The summed E-state index contributed by atoms with van der Waals surface area (Å²) in [4.78, 5) is 14.9. The van der Waals surface area contributed by atoms with Crippen LogP contribution < -0.4 is 0 Å². The lowest BCUT2D eigenvalue weighted by Crippen LogP contribution is -2.38. The molecule has 0 N–H and O–H groups in total. The van der Waals surface area contributed by atoms with Crippen LogP contribution in [-0.2, 0) is 13.6 Å². The molecule has 1 atom stereocenters. The van der Waals surface area contributed by atoms with Gasteiger partial charge in [-0.1, -0.05) is 40.2 Å². The molecule has 2 heterocycles. The van der Waals surface area contributed by atoms with Gasteiger partial charge in [-0.2, -0.15) is 5.10 Å². The van der Waals surface area contributed by atoms with E-state index < -0.39 is 0 Å². The summed E-state index contributed by atoms with van der Waals surface area (Å²) < 4.78 is 2.79. The van der Waals surface area contributed by atoms with E-state index in [1.807, 2.05) is 59.4 Å². The van der Waals surface area contributed by atoms with Crippen molar-refractivity contribution in [2.24, 2.45) is 7.05 Å². The van der Waals surface area contributed by atoms with Crippen molar-refractivity contribution in [3.05, 3.63) is 87.7 Å². The van der Waals surface area contributed by atoms with E-state index in [0.717, 1.165) is 10.0 Å². The van der Waals surface area contributed by atoms with E-state index in [-0.39, 0.29) is 11.8 Å². The number of nitrogens with zero attached hydrogens (tertiary/aromatic N) is 3. The van der Waals surface area contributed by atoms with Crippen molar-refractivity contribution >= 4 is 21.8 Å². The highest BCUT2D eigenvalue weighted by atomic mass is 79.9. The predicted molar refractivity (Wildman–Crippen MR) is 100 cm³/mol. The molecule has 1 aromatic heterocycles. The van der Waals surface area contributed by atoms with Crippen molar-refractivity contribution < 1.29 is 4.79 Å². The van der Waals surface area contributed by atoms with E-state index in [9.17, 15) is 4.79 Å². The van der Waals surface area contributed by atoms with Crippen LogP contribution in [0, 0.1) is 0 Å². The van der Waals surface area contributed by atoms with Crippen LogP contribution in [0.3, 0.4) is 0 Å². The van der Waals surface area contributed by atoms with Crippen LogP contribution in [0.25, 0.3) is 0 Å². The van der Waals surface area contributed by atoms with E-state index >= 15 is 0 Å². The Morgan fingerprint density at radius 3 is 2.64 bits per heavy atom. The van der Waals surface area contributed by atoms with Gasteiger partial charge in [-0.3, -0.25) is 9.48 Å². The minimum absolute atomic E-state index is 0.0656. The molecule has 0 spiro atoms. The SMILES string of the molecule is Cn1cc(C2CN(C(=O)c3ccc(Br)cc3)Cc3ccccc32)cn1. The molecule has 5 heteroatoms. The molecule has 0 fully saturated rings. The van der Waals surface area contributed by atoms with Gasteiger partial charge in [0.2, 0.25) is 0 Å². The number of hydrogen-bond acceptors (Lipinski definition) is 2. The minimum atomic E-state index is 0.0656. The summed E-state index contributed by atoms with van der Waals surface area (Å²) in [6.07, 6.45) is 3.93. The second kappa shape index (κ2) is 6.48. The van der Waals surface area contributed by atoms with Crippen molar-refractivity contribution in [1.82, 2.24) is 14.7 Å². The summed E-state index contributed by atoms with van der Waals surface area (Å²) in [5.74, 6) is 0.217. The van der Waals surface area contributed by atoms with E-state index in [1.54, 1.807) is 0 Å². The zero-order valence-corrected chi connectivity index (χ0v) is 15.5. The Labute approximate surface area is 155 Å². The first-order valence-corrected chi connectivity index (χ1v) is 9.02. The summed E-state index contributed by atoms with van der Waals surface area (Å²) in [6, 6.07) is 15.9. The summed E-state index contributed by atoms with van der Waals surface area (Å²) in [5.41, 5.74) is 4.35.